The summed E-state index contributed by atoms with van der Waals surface area (Å²) < 4.78 is 4.95. The van der Waals surface area contributed by atoms with Gasteiger partial charge in [-0.3, -0.25) is 19.3 Å². The molecule has 8 nitrogen and oxygen atoms in total. The second-order valence-corrected chi connectivity index (χ2v) is 7.85. The van der Waals surface area contributed by atoms with Gasteiger partial charge in [0.15, 0.2) is 6.61 Å². The van der Waals surface area contributed by atoms with Gasteiger partial charge in [-0.25, -0.2) is 4.79 Å². The Morgan fingerprint density at radius 3 is 2.59 bits per heavy atom. The summed E-state index contributed by atoms with van der Waals surface area (Å²) in [6.45, 7) is 0.725. The minimum atomic E-state index is -1.08. The Kier molecular flexibility index (Phi) is 6.51. The number of nitrogens with one attached hydrogen (secondary N) is 2. The van der Waals surface area contributed by atoms with Crippen molar-refractivity contribution in [2.75, 3.05) is 13.2 Å². The molecule has 156 valence electrons. The molecule has 2 fully saturated rings. The minimum Gasteiger partial charge on any atom is -0.454 e. The van der Waals surface area contributed by atoms with Crippen molar-refractivity contribution >= 4 is 23.8 Å². The molecule has 3 rings (SSSR count). The van der Waals surface area contributed by atoms with E-state index in [4.69, 9.17) is 4.74 Å². The van der Waals surface area contributed by atoms with Crippen LogP contribution in [-0.2, 0) is 25.5 Å². The van der Waals surface area contributed by atoms with Crippen LogP contribution in [0.25, 0.3) is 0 Å². The highest BCUT2D eigenvalue weighted by Crippen LogP contribution is 2.23. The first-order valence-electron chi connectivity index (χ1n) is 10.0. The number of urea groups is 1. The van der Waals surface area contributed by atoms with E-state index in [9.17, 15) is 19.2 Å². The van der Waals surface area contributed by atoms with Gasteiger partial charge in [0.05, 0.1) is 0 Å². The average Bonchev–Trinajstić information content (AvgIpc) is 3.28. The van der Waals surface area contributed by atoms with E-state index in [1.807, 2.05) is 30.3 Å². The molecule has 1 atom stereocenters. The molecule has 2 N–H and O–H groups in total. The number of hydrogen-bond acceptors (Lipinski definition) is 5. The molecule has 29 heavy (non-hydrogen) atoms. The number of amides is 4. The van der Waals surface area contributed by atoms with Crippen molar-refractivity contribution in [3.8, 4) is 0 Å². The summed E-state index contributed by atoms with van der Waals surface area (Å²) >= 11 is 0. The first-order chi connectivity index (χ1) is 13.9. The van der Waals surface area contributed by atoms with Crippen molar-refractivity contribution in [2.45, 2.75) is 57.0 Å². The fourth-order valence-corrected chi connectivity index (χ4v) is 3.76. The molecule has 1 aromatic carbocycles. The number of esters is 1. The molecular formula is C21H27N3O5. The van der Waals surface area contributed by atoms with E-state index < -0.39 is 36.6 Å². The summed E-state index contributed by atoms with van der Waals surface area (Å²) in [5.74, 6) is -1.62. The zero-order chi connectivity index (χ0) is 20.9. The van der Waals surface area contributed by atoms with E-state index in [2.05, 4.69) is 10.6 Å². The molecule has 0 spiro atoms. The van der Waals surface area contributed by atoms with Gasteiger partial charge in [0.25, 0.3) is 11.8 Å². The zero-order valence-electron chi connectivity index (χ0n) is 16.6. The molecule has 1 aliphatic carbocycles. The molecular weight excluding hydrogens is 374 g/mol. The fraction of sp³-hybridized carbons (Fsp3) is 0.524. The number of benzene rings is 1. The van der Waals surface area contributed by atoms with Crippen LogP contribution in [0.15, 0.2) is 30.3 Å². The van der Waals surface area contributed by atoms with Gasteiger partial charge in [-0.05, 0) is 38.2 Å². The quantitative estimate of drug-likeness (QED) is 0.508. The molecule has 1 saturated carbocycles. The maximum absolute atomic E-state index is 12.7. The van der Waals surface area contributed by atoms with Gasteiger partial charge in [-0.2, -0.15) is 0 Å². The summed E-state index contributed by atoms with van der Waals surface area (Å²) in [6, 6.07) is 9.16. The molecule has 0 bridgehead atoms. The normalized spacial score (nSPS) is 21.9. The fourth-order valence-electron chi connectivity index (χ4n) is 3.76. The minimum absolute atomic E-state index is 0.137. The van der Waals surface area contributed by atoms with Crippen LogP contribution in [0.4, 0.5) is 4.79 Å². The summed E-state index contributed by atoms with van der Waals surface area (Å²) in [7, 11) is 0. The summed E-state index contributed by atoms with van der Waals surface area (Å²) in [5.41, 5.74) is -0.0190. The molecule has 0 unspecified atom stereocenters. The number of hydrogen-bond donors (Lipinski definition) is 2. The van der Waals surface area contributed by atoms with Crippen molar-refractivity contribution in [1.82, 2.24) is 15.5 Å². The van der Waals surface area contributed by atoms with Crippen LogP contribution >= 0.6 is 0 Å². The molecule has 2 aliphatic rings. The van der Waals surface area contributed by atoms with Gasteiger partial charge in [-0.1, -0.05) is 43.2 Å². The standard InChI is InChI=1S/C21H27N3O5/c1-21(12-11-15-7-3-2-4-8-15)19(27)24(20(28)23-21)13-18(26)29-14-17(25)22-16-9-5-6-10-16/h2-4,7-8,16H,5-6,9-14H2,1H3,(H,22,25)(H,23,28)/t21-/m0/s1. The average molecular weight is 401 g/mol. The number of ether oxygens (including phenoxy) is 1. The maximum Gasteiger partial charge on any atom is 0.326 e. The van der Waals surface area contributed by atoms with Gasteiger partial charge in [-0.15, -0.1) is 0 Å². The SMILES string of the molecule is C[C@@]1(CCc2ccccc2)NC(=O)N(CC(=O)OCC(=O)NC2CCCC2)C1=O. The molecule has 4 amide bonds. The van der Waals surface area contributed by atoms with Crippen LogP contribution < -0.4 is 10.6 Å². The lowest BCUT2D eigenvalue weighted by atomic mass is 9.93. The second-order valence-electron chi connectivity index (χ2n) is 7.85. The van der Waals surface area contributed by atoms with Crippen LogP contribution in [0.2, 0.25) is 0 Å². The van der Waals surface area contributed by atoms with E-state index in [1.54, 1.807) is 6.92 Å². The van der Waals surface area contributed by atoms with Crippen LogP contribution in [0.3, 0.4) is 0 Å². The van der Waals surface area contributed by atoms with Crippen LogP contribution in [0.5, 0.6) is 0 Å². The molecule has 0 radical (unpaired) electrons. The largest absolute Gasteiger partial charge is 0.454 e. The molecule has 8 heteroatoms. The van der Waals surface area contributed by atoms with Crippen molar-refractivity contribution in [2.24, 2.45) is 0 Å². The molecule has 1 aromatic rings. The Hall–Kier alpha value is -2.90. The topological polar surface area (TPSA) is 105 Å². The Morgan fingerprint density at radius 1 is 1.21 bits per heavy atom. The highest BCUT2D eigenvalue weighted by Gasteiger charge is 2.48. The van der Waals surface area contributed by atoms with Gasteiger partial charge < -0.3 is 15.4 Å². The first kappa shape index (κ1) is 20.8. The zero-order valence-corrected chi connectivity index (χ0v) is 16.6. The second kappa shape index (κ2) is 9.07. The van der Waals surface area contributed by atoms with E-state index in [0.717, 1.165) is 36.1 Å². The number of carbonyl (C=O) groups is 4. The highest BCUT2D eigenvalue weighted by atomic mass is 16.5. The Labute approximate surface area is 170 Å². The van der Waals surface area contributed by atoms with Crippen LogP contribution in [-0.4, -0.2) is 53.4 Å². The summed E-state index contributed by atoms with van der Waals surface area (Å²) in [5, 5.41) is 5.48. The third kappa shape index (κ3) is 5.34. The summed E-state index contributed by atoms with van der Waals surface area (Å²) in [4.78, 5) is 49.7. The van der Waals surface area contributed by atoms with E-state index >= 15 is 0 Å². The molecule has 1 saturated heterocycles. The van der Waals surface area contributed by atoms with Gasteiger partial charge in [0.1, 0.15) is 12.1 Å². The van der Waals surface area contributed by atoms with Crippen LogP contribution in [0, 0.1) is 0 Å². The Balaban J connectivity index is 1.47. The lowest BCUT2D eigenvalue weighted by Gasteiger charge is -2.21. The monoisotopic (exact) mass is 401 g/mol. The highest BCUT2D eigenvalue weighted by molar-refractivity contribution is 6.08. The van der Waals surface area contributed by atoms with Crippen molar-refractivity contribution in [3.63, 3.8) is 0 Å². The molecule has 0 aromatic heterocycles. The van der Waals surface area contributed by atoms with Gasteiger partial charge >= 0.3 is 12.0 Å². The third-order valence-electron chi connectivity index (χ3n) is 5.47. The Bertz CT molecular complexity index is 776. The Morgan fingerprint density at radius 2 is 1.90 bits per heavy atom. The lowest BCUT2D eigenvalue weighted by molar-refractivity contribution is -0.151. The predicted octanol–water partition coefficient (Wildman–Crippen LogP) is 1.53. The number of imide groups is 1. The lowest BCUT2D eigenvalue weighted by Crippen LogP contribution is -2.45. The first-order valence-corrected chi connectivity index (χ1v) is 10.0. The third-order valence-corrected chi connectivity index (χ3v) is 5.47. The number of aryl methyl sites for hydroxylation is 1. The van der Waals surface area contributed by atoms with Crippen molar-refractivity contribution in [3.05, 3.63) is 35.9 Å². The number of nitrogens with zero attached hydrogens (tertiary/aromatic N) is 1. The van der Waals surface area contributed by atoms with E-state index in [-0.39, 0.29) is 11.9 Å². The number of rotatable bonds is 8. The molecule has 1 heterocycles. The summed E-state index contributed by atoms with van der Waals surface area (Å²) in [6.07, 6.45) is 5.06. The van der Waals surface area contributed by atoms with Crippen molar-refractivity contribution in [1.29, 1.82) is 0 Å². The van der Waals surface area contributed by atoms with E-state index in [1.165, 1.54) is 0 Å². The smallest absolute Gasteiger partial charge is 0.326 e. The predicted molar refractivity (Wildman–Crippen MR) is 105 cm³/mol. The van der Waals surface area contributed by atoms with Crippen molar-refractivity contribution < 1.29 is 23.9 Å². The van der Waals surface area contributed by atoms with E-state index in [0.29, 0.717) is 12.8 Å². The maximum atomic E-state index is 12.7. The van der Waals surface area contributed by atoms with Crippen LogP contribution in [0.1, 0.15) is 44.6 Å². The van der Waals surface area contributed by atoms with Gasteiger partial charge in [0.2, 0.25) is 0 Å². The molecule has 1 aliphatic heterocycles. The van der Waals surface area contributed by atoms with Gasteiger partial charge in [0, 0.05) is 6.04 Å². The number of carbonyl (C=O) groups excluding carboxylic acids is 4.